The number of thiol groups is 1. The standard InChI is InChI=1S/C37H64S7/c1-39-28-16-4-5-17-29(28)41-32-20-8-9-21-33(32)43-36-24-12-13-25-37(36)44-35-23-11-10-22-34(35)42-31-19-7-6-18-30(31)40-27-15-3-2-14-26(27)38/h26-38H,2-25H2,1H3. The average Bonchev–Trinajstić information content (AvgIpc) is 3.06. The molecule has 0 aromatic carbocycles. The topological polar surface area (TPSA) is 0 Å². The molecule has 44 heavy (non-hydrogen) atoms. The number of rotatable bonds is 11. The van der Waals surface area contributed by atoms with Gasteiger partial charge in [0.2, 0.25) is 0 Å². The Bertz CT molecular complexity index is 826. The SMILES string of the molecule is CSC1CCCCC1SC1CCCCC1SC1CCCCC1SC1CCCCC1SC1CCCCC1SC1CCCCC1S. The highest BCUT2D eigenvalue weighted by Crippen LogP contribution is 2.51. The first-order valence-electron chi connectivity index (χ1n) is 19.2. The summed E-state index contributed by atoms with van der Waals surface area (Å²) in [6.45, 7) is 0. The Morgan fingerprint density at radius 3 is 0.773 bits per heavy atom. The third-order valence-electron chi connectivity index (χ3n) is 11.9. The predicted molar refractivity (Wildman–Crippen MR) is 217 cm³/mol. The molecule has 0 nitrogen and oxygen atoms in total. The molecule has 6 aliphatic carbocycles. The van der Waals surface area contributed by atoms with Crippen LogP contribution in [0.15, 0.2) is 0 Å². The molecule has 0 N–H and O–H groups in total. The Hall–Kier alpha value is 2.45. The van der Waals surface area contributed by atoms with Crippen molar-refractivity contribution < 1.29 is 0 Å². The molecular weight excluding hydrogens is 669 g/mol. The van der Waals surface area contributed by atoms with Crippen molar-refractivity contribution in [3.8, 4) is 0 Å². The van der Waals surface area contributed by atoms with Crippen LogP contribution in [0.1, 0.15) is 154 Å². The largest absolute Gasteiger partial charge is 0.175 e. The van der Waals surface area contributed by atoms with Gasteiger partial charge in [0.1, 0.15) is 0 Å². The van der Waals surface area contributed by atoms with Gasteiger partial charge in [0.05, 0.1) is 0 Å². The van der Waals surface area contributed by atoms with Gasteiger partial charge in [-0.25, -0.2) is 0 Å². The summed E-state index contributed by atoms with van der Waals surface area (Å²) in [5.41, 5.74) is 0. The van der Waals surface area contributed by atoms with Crippen molar-refractivity contribution in [1.82, 2.24) is 0 Å². The molecule has 0 saturated heterocycles. The molecule has 6 aliphatic rings. The average molecular weight is 733 g/mol. The van der Waals surface area contributed by atoms with Crippen LogP contribution in [-0.4, -0.2) is 69.3 Å². The van der Waals surface area contributed by atoms with Gasteiger partial charge in [0, 0.05) is 63.0 Å². The van der Waals surface area contributed by atoms with Crippen molar-refractivity contribution in [3.05, 3.63) is 0 Å². The Morgan fingerprint density at radius 1 is 0.295 bits per heavy atom. The van der Waals surface area contributed by atoms with Gasteiger partial charge in [-0.3, -0.25) is 0 Å². The zero-order valence-corrected chi connectivity index (χ0v) is 33.6. The molecule has 0 aromatic heterocycles. The molecule has 0 bridgehead atoms. The van der Waals surface area contributed by atoms with Gasteiger partial charge in [0.15, 0.2) is 0 Å². The highest BCUT2D eigenvalue weighted by molar-refractivity contribution is 8.08. The molecule has 0 heterocycles. The molecule has 254 valence electrons. The molecule has 0 spiro atoms. The van der Waals surface area contributed by atoms with E-state index in [-0.39, 0.29) is 0 Å². The Morgan fingerprint density at radius 2 is 0.500 bits per heavy atom. The minimum Gasteiger partial charge on any atom is -0.175 e. The van der Waals surface area contributed by atoms with Gasteiger partial charge < -0.3 is 0 Å². The molecule has 0 aliphatic heterocycles. The van der Waals surface area contributed by atoms with Crippen molar-refractivity contribution >= 4 is 83.2 Å². The fraction of sp³-hybridized carbons (Fsp3) is 1.00. The maximum Gasteiger partial charge on any atom is 0.0169 e. The van der Waals surface area contributed by atoms with Crippen molar-refractivity contribution in [2.45, 2.75) is 217 Å². The van der Waals surface area contributed by atoms with Gasteiger partial charge in [0.25, 0.3) is 0 Å². The summed E-state index contributed by atoms with van der Waals surface area (Å²) in [5.74, 6) is 0. The summed E-state index contributed by atoms with van der Waals surface area (Å²) in [4.78, 5) is 0. The fourth-order valence-electron chi connectivity index (χ4n) is 9.34. The molecule has 6 rings (SSSR count). The van der Waals surface area contributed by atoms with Crippen molar-refractivity contribution in [2.24, 2.45) is 0 Å². The van der Waals surface area contributed by atoms with E-state index in [1.165, 1.54) is 154 Å². The number of hydrogen-bond donors (Lipinski definition) is 1. The smallest absolute Gasteiger partial charge is 0.0169 e. The van der Waals surface area contributed by atoms with E-state index in [1.54, 1.807) is 0 Å². The minimum absolute atomic E-state index is 0.650. The summed E-state index contributed by atoms with van der Waals surface area (Å²) in [6.07, 6.45) is 37.8. The van der Waals surface area contributed by atoms with E-state index in [0.717, 1.165) is 57.7 Å². The van der Waals surface area contributed by atoms with Crippen LogP contribution >= 0.6 is 83.2 Å². The number of thioether (sulfide) groups is 6. The molecule has 6 saturated carbocycles. The third-order valence-corrected chi connectivity index (χ3v) is 23.9. The zero-order valence-electron chi connectivity index (χ0n) is 27.8. The first kappa shape index (κ1) is 36.2. The van der Waals surface area contributed by atoms with E-state index in [0.29, 0.717) is 5.25 Å². The lowest BCUT2D eigenvalue weighted by molar-refractivity contribution is 0.490. The molecular formula is C37H64S7. The third kappa shape index (κ3) is 10.3. The van der Waals surface area contributed by atoms with Crippen LogP contribution in [-0.2, 0) is 0 Å². The highest BCUT2D eigenvalue weighted by atomic mass is 32.2. The lowest BCUT2D eigenvalue weighted by Crippen LogP contribution is -2.38. The molecule has 0 aromatic rings. The van der Waals surface area contributed by atoms with Crippen molar-refractivity contribution in [3.63, 3.8) is 0 Å². The summed E-state index contributed by atoms with van der Waals surface area (Å²) < 4.78 is 0. The van der Waals surface area contributed by atoms with Crippen LogP contribution in [0.3, 0.4) is 0 Å². The van der Waals surface area contributed by atoms with Crippen LogP contribution in [0.25, 0.3) is 0 Å². The van der Waals surface area contributed by atoms with E-state index in [4.69, 9.17) is 12.6 Å². The highest BCUT2D eigenvalue weighted by Gasteiger charge is 2.40. The first-order chi connectivity index (χ1) is 21.7. The maximum absolute atomic E-state index is 5.07. The second kappa shape index (κ2) is 19.2. The number of hydrogen-bond acceptors (Lipinski definition) is 7. The monoisotopic (exact) mass is 732 g/mol. The molecule has 0 radical (unpaired) electrons. The second-order valence-corrected chi connectivity index (χ2v) is 24.3. The summed E-state index contributed by atoms with van der Waals surface area (Å²) >= 11 is 19.7. The second-order valence-electron chi connectivity index (χ2n) is 15.1. The first-order valence-corrected chi connectivity index (χ1v) is 25.7. The molecule has 12 unspecified atom stereocenters. The van der Waals surface area contributed by atoms with Gasteiger partial charge in [-0.1, -0.05) is 77.0 Å². The van der Waals surface area contributed by atoms with Crippen LogP contribution in [0, 0.1) is 0 Å². The van der Waals surface area contributed by atoms with E-state index in [1.807, 2.05) is 0 Å². The van der Waals surface area contributed by atoms with Crippen molar-refractivity contribution in [1.29, 1.82) is 0 Å². The fourth-order valence-corrected chi connectivity index (χ4v) is 21.2. The summed E-state index contributed by atoms with van der Waals surface area (Å²) in [5, 5.41) is 10.7. The van der Waals surface area contributed by atoms with Gasteiger partial charge >= 0.3 is 0 Å². The van der Waals surface area contributed by atoms with E-state index in [2.05, 4.69) is 76.8 Å². The van der Waals surface area contributed by atoms with Gasteiger partial charge in [-0.05, 0) is 83.3 Å². The van der Waals surface area contributed by atoms with E-state index >= 15 is 0 Å². The lowest BCUT2D eigenvalue weighted by atomic mass is 9.98. The predicted octanol–water partition coefficient (Wildman–Crippen LogP) is 12.8. The van der Waals surface area contributed by atoms with Crippen LogP contribution in [0.2, 0.25) is 0 Å². The zero-order chi connectivity index (χ0) is 30.1. The summed E-state index contributed by atoms with van der Waals surface area (Å²) in [7, 11) is 0. The Balaban J connectivity index is 1.06. The summed E-state index contributed by atoms with van der Waals surface area (Å²) in [6, 6.07) is 0. The lowest BCUT2D eigenvalue weighted by Gasteiger charge is -2.43. The minimum atomic E-state index is 0.650. The Kier molecular flexibility index (Phi) is 15.8. The van der Waals surface area contributed by atoms with Crippen molar-refractivity contribution in [2.75, 3.05) is 6.26 Å². The molecule has 0 amide bonds. The van der Waals surface area contributed by atoms with Crippen LogP contribution in [0.5, 0.6) is 0 Å². The molecule has 7 heteroatoms. The maximum atomic E-state index is 5.07. The van der Waals surface area contributed by atoms with E-state index < -0.39 is 0 Å². The molecule has 12 atom stereocenters. The van der Waals surface area contributed by atoms with Crippen LogP contribution < -0.4 is 0 Å². The van der Waals surface area contributed by atoms with Gasteiger partial charge in [-0.2, -0.15) is 83.2 Å². The van der Waals surface area contributed by atoms with E-state index in [9.17, 15) is 0 Å². The normalized spacial score (nSPS) is 44.3. The molecule has 6 fully saturated rings. The quantitative estimate of drug-likeness (QED) is 0.209. The van der Waals surface area contributed by atoms with Gasteiger partial charge in [-0.15, -0.1) is 0 Å². The van der Waals surface area contributed by atoms with Crippen LogP contribution in [0.4, 0.5) is 0 Å². The Labute approximate surface area is 304 Å².